The second-order valence-electron chi connectivity index (χ2n) is 4.90. The topological polar surface area (TPSA) is 75.2 Å². The fourth-order valence-corrected chi connectivity index (χ4v) is 2.25. The van der Waals surface area contributed by atoms with Crippen molar-refractivity contribution in [3.8, 4) is 17.2 Å². The zero-order chi connectivity index (χ0) is 16.1. The Bertz CT molecular complexity index is 771. The van der Waals surface area contributed by atoms with Crippen molar-refractivity contribution in [2.45, 2.75) is 13.2 Å². The Balaban J connectivity index is 1.90. The SMILES string of the molecule is COc1cccc(-n2nnc(CN)c2COc2ccccc2)c1. The number of methoxy groups -OCH3 is 1. The van der Waals surface area contributed by atoms with Crippen molar-refractivity contribution in [3.05, 3.63) is 66.0 Å². The summed E-state index contributed by atoms with van der Waals surface area (Å²) in [5, 5.41) is 8.34. The lowest BCUT2D eigenvalue weighted by molar-refractivity contribution is 0.296. The Labute approximate surface area is 134 Å². The molecule has 1 aromatic heterocycles. The summed E-state index contributed by atoms with van der Waals surface area (Å²) in [5.74, 6) is 1.54. The molecule has 2 aromatic carbocycles. The van der Waals surface area contributed by atoms with Gasteiger partial charge in [-0.15, -0.1) is 5.10 Å². The number of nitrogens with zero attached hydrogens (tertiary/aromatic N) is 3. The molecule has 23 heavy (non-hydrogen) atoms. The molecule has 0 aliphatic rings. The smallest absolute Gasteiger partial charge is 0.132 e. The van der Waals surface area contributed by atoms with Crippen LogP contribution in [0.1, 0.15) is 11.4 Å². The quantitative estimate of drug-likeness (QED) is 0.756. The van der Waals surface area contributed by atoms with Gasteiger partial charge in [-0.25, -0.2) is 4.68 Å². The van der Waals surface area contributed by atoms with E-state index in [0.717, 1.165) is 22.9 Å². The van der Waals surface area contributed by atoms with Crippen LogP contribution in [0.15, 0.2) is 54.6 Å². The van der Waals surface area contributed by atoms with E-state index in [-0.39, 0.29) is 0 Å². The third kappa shape index (κ3) is 3.32. The Morgan fingerprint density at radius 3 is 2.57 bits per heavy atom. The van der Waals surface area contributed by atoms with Crippen molar-refractivity contribution in [2.75, 3.05) is 7.11 Å². The van der Waals surface area contributed by atoms with Gasteiger partial charge in [0.05, 0.1) is 12.8 Å². The summed E-state index contributed by atoms with van der Waals surface area (Å²) in [6.45, 7) is 0.637. The van der Waals surface area contributed by atoms with Crippen LogP contribution < -0.4 is 15.2 Å². The number of hydrogen-bond donors (Lipinski definition) is 1. The van der Waals surface area contributed by atoms with Gasteiger partial charge in [0.15, 0.2) is 0 Å². The van der Waals surface area contributed by atoms with Crippen molar-refractivity contribution in [2.24, 2.45) is 5.73 Å². The van der Waals surface area contributed by atoms with Crippen LogP contribution in [0.25, 0.3) is 5.69 Å². The zero-order valence-corrected chi connectivity index (χ0v) is 12.8. The molecular formula is C17H18N4O2. The van der Waals surface area contributed by atoms with Gasteiger partial charge in [-0.2, -0.15) is 0 Å². The van der Waals surface area contributed by atoms with Gasteiger partial charge in [0.2, 0.25) is 0 Å². The van der Waals surface area contributed by atoms with E-state index in [1.54, 1.807) is 11.8 Å². The molecule has 0 aliphatic carbocycles. The molecule has 0 fully saturated rings. The van der Waals surface area contributed by atoms with Crippen LogP contribution in [0.2, 0.25) is 0 Å². The van der Waals surface area contributed by atoms with Crippen molar-refractivity contribution >= 4 is 0 Å². The lowest BCUT2D eigenvalue weighted by atomic mass is 10.2. The van der Waals surface area contributed by atoms with E-state index in [1.165, 1.54) is 0 Å². The molecule has 118 valence electrons. The molecule has 0 unspecified atom stereocenters. The Hall–Kier alpha value is -2.86. The molecule has 6 nitrogen and oxygen atoms in total. The molecule has 2 N–H and O–H groups in total. The average molecular weight is 310 g/mol. The zero-order valence-electron chi connectivity index (χ0n) is 12.8. The van der Waals surface area contributed by atoms with Crippen LogP contribution in [0.3, 0.4) is 0 Å². The van der Waals surface area contributed by atoms with Gasteiger partial charge < -0.3 is 15.2 Å². The predicted octanol–water partition coefficient (Wildman–Crippen LogP) is 2.31. The fourth-order valence-electron chi connectivity index (χ4n) is 2.25. The van der Waals surface area contributed by atoms with Gasteiger partial charge in [-0.3, -0.25) is 0 Å². The normalized spacial score (nSPS) is 10.5. The van der Waals surface area contributed by atoms with Crippen molar-refractivity contribution in [3.63, 3.8) is 0 Å². The number of ether oxygens (including phenoxy) is 2. The van der Waals surface area contributed by atoms with Crippen molar-refractivity contribution in [1.29, 1.82) is 0 Å². The lowest BCUT2D eigenvalue weighted by Gasteiger charge is -2.10. The van der Waals surface area contributed by atoms with E-state index in [1.807, 2.05) is 54.6 Å². The molecule has 1 heterocycles. The van der Waals surface area contributed by atoms with E-state index >= 15 is 0 Å². The maximum atomic E-state index is 5.82. The first-order valence-electron chi connectivity index (χ1n) is 7.27. The summed E-state index contributed by atoms with van der Waals surface area (Å²) >= 11 is 0. The van der Waals surface area contributed by atoms with Crippen LogP contribution in [0.4, 0.5) is 0 Å². The largest absolute Gasteiger partial charge is 0.497 e. The summed E-state index contributed by atoms with van der Waals surface area (Å²) in [6, 6.07) is 17.2. The van der Waals surface area contributed by atoms with Crippen LogP contribution in [-0.4, -0.2) is 22.1 Å². The summed E-state index contributed by atoms with van der Waals surface area (Å²) in [5.41, 5.74) is 8.16. The monoisotopic (exact) mass is 310 g/mol. The second kappa shape index (κ2) is 6.93. The second-order valence-corrected chi connectivity index (χ2v) is 4.90. The predicted molar refractivity (Wildman–Crippen MR) is 86.6 cm³/mol. The van der Waals surface area contributed by atoms with Crippen molar-refractivity contribution < 1.29 is 9.47 Å². The first-order valence-corrected chi connectivity index (χ1v) is 7.27. The summed E-state index contributed by atoms with van der Waals surface area (Å²) in [6.07, 6.45) is 0. The molecule has 0 saturated heterocycles. The fraction of sp³-hybridized carbons (Fsp3) is 0.176. The summed E-state index contributed by atoms with van der Waals surface area (Å²) in [7, 11) is 1.63. The average Bonchev–Trinajstić information content (AvgIpc) is 3.04. The Morgan fingerprint density at radius 1 is 1.04 bits per heavy atom. The van der Waals surface area contributed by atoms with Gasteiger partial charge in [0.1, 0.15) is 29.5 Å². The third-order valence-electron chi connectivity index (χ3n) is 3.45. The number of aromatic nitrogens is 3. The van der Waals surface area contributed by atoms with Crippen LogP contribution in [0.5, 0.6) is 11.5 Å². The number of hydrogen-bond acceptors (Lipinski definition) is 5. The molecule has 0 radical (unpaired) electrons. The highest BCUT2D eigenvalue weighted by Crippen LogP contribution is 2.20. The van der Waals surface area contributed by atoms with Crippen molar-refractivity contribution in [1.82, 2.24) is 15.0 Å². The minimum atomic E-state index is 0.303. The molecule has 3 aromatic rings. The molecule has 3 rings (SSSR count). The van der Waals surface area contributed by atoms with Gasteiger partial charge in [-0.05, 0) is 24.3 Å². The molecule has 0 spiro atoms. The van der Waals surface area contributed by atoms with Gasteiger partial charge >= 0.3 is 0 Å². The van der Waals surface area contributed by atoms with E-state index in [9.17, 15) is 0 Å². The highest BCUT2D eigenvalue weighted by Gasteiger charge is 2.14. The number of para-hydroxylation sites is 1. The summed E-state index contributed by atoms with van der Waals surface area (Å²) in [4.78, 5) is 0. The number of nitrogens with two attached hydrogens (primary N) is 1. The minimum Gasteiger partial charge on any atom is -0.497 e. The van der Waals surface area contributed by atoms with E-state index < -0.39 is 0 Å². The van der Waals surface area contributed by atoms with E-state index in [4.69, 9.17) is 15.2 Å². The minimum absolute atomic E-state index is 0.303. The molecular weight excluding hydrogens is 292 g/mol. The van der Waals surface area contributed by atoms with E-state index in [2.05, 4.69) is 10.3 Å². The number of benzene rings is 2. The highest BCUT2D eigenvalue weighted by atomic mass is 16.5. The van der Waals surface area contributed by atoms with Crippen LogP contribution in [-0.2, 0) is 13.2 Å². The third-order valence-corrected chi connectivity index (χ3v) is 3.45. The molecule has 0 bridgehead atoms. The van der Waals surface area contributed by atoms with Gasteiger partial charge in [0.25, 0.3) is 0 Å². The standard InChI is InChI=1S/C17H18N4O2/c1-22-15-9-5-6-13(10-15)21-17(16(11-18)19-20-21)12-23-14-7-3-2-4-8-14/h2-10H,11-12,18H2,1H3. The number of rotatable bonds is 6. The highest BCUT2D eigenvalue weighted by molar-refractivity contribution is 5.40. The first kappa shape index (κ1) is 15.1. The van der Waals surface area contributed by atoms with Gasteiger partial charge in [-0.1, -0.05) is 29.5 Å². The van der Waals surface area contributed by atoms with Crippen LogP contribution >= 0.6 is 0 Å². The summed E-state index contributed by atoms with van der Waals surface area (Å²) < 4.78 is 12.8. The Morgan fingerprint density at radius 2 is 1.83 bits per heavy atom. The lowest BCUT2D eigenvalue weighted by Crippen LogP contribution is -2.09. The molecule has 6 heteroatoms. The Kier molecular flexibility index (Phi) is 4.54. The molecule has 0 atom stereocenters. The first-order chi connectivity index (χ1) is 11.3. The van der Waals surface area contributed by atoms with E-state index in [0.29, 0.717) is 18.8 Å². The van der Waals surface area contributed by atoms with Crippen LogP contribution in [0, 0.1) is 0 Å². The molecule has 0 saturated carbocycles. The maximum Gasteiger partial charge on any atom is 0.132 e. The maximum absolute atomic E-state index is 5.82. The van der Waals surface area contributed by atoms with Gasteiger partial charge in [0, 0.05) is 12.6 Å². The molecule has 0 aliphatic heterocycles. The molecule has 0 amide bonds.